The summed E-state index contributed by atoms with van der Waals surface area (Å²) in [6.07, 6.45) is 1.10. The number of nitrogens with zero attached hydrogens (tertiary/aromatic N) is 3. The van der Waals surface area contributed by atoms with Crippen LogP contribution in [0.3, 0.4) is 0 Å². The van der Waals surface area contributed by atoms with Gasteiger partial charge < -0.3 is 10.1 Å². The summed E-state index contributed by atoms with van der Waals surface area (Å²) in [5.74, 6) is 0.834. The van der Waals surface area contributed by atoms with Crippen LogP contribution in [0.1, 0.15) is 23.4 Å². The standard InChI is InChI=1S/C18H20N4OS3/c1-12-15-8-10-25-16(15)7-9-21(12)11-22-18(24)26-17(20-22)19-13-3-5-14(23-2)6-4-13/h3-6,8,10,12H,7,9,11H2,1-2H3,(H,19,20)/t12-/m1/s1. The molecular weight excluding hydrogens is 384 g/mol. The van der Waals surface area contributed by atoms with E-state index in [0.717, 1.165) is 40.2 Å². The van der Waals surface area contributed by atoms with Crippen molar-refractivity contribution >= 4 is 45.7 Å². The lowest BCUT2D eigenvalue weighted by molar-refractivity contribution is 0.145. The molecule has 1 aliphatic rings. The Hall–Kier alpha value is -1.74. The van der Waals surface area contributed by atoms with Gasteiger partial charge in [0.15, 0.2) is 3.95 Å². The predicted octanol–water partition coefficient (Wildman–Crippen LogP) is 5.06. The fraction of sp³-hybridized carbons (Fsp3) is 0.333. The number of methoxy groups -OCH3 is 1. The molecule has 0 saturated heterocycles. The predicted molar refractivity (Wildman–Crippen MR) is 110 cm³/mol. The number of benzene rings is 1. The Kier molecular flexibility index (Phi) is 5.08. The van der Waals surface area contributed by atoms with Crippen LogP contribution in [0.15, 0.2) is 35.7 Å². The van der Waals surface area contributed by atoms with Gasteiger partial charge in [-0.05, 0) is 66.8 Å². The van der Waals surface area contributed by atoms with E-state index in [1.165, 1.54) is 21.8 Å². The van der Waals surface area contributed by atoms with Gasteiger partial charge in [-0.25, -0.2) is 4.68 Å². The van der Waals surface area contributed by atoms with Crippen LogP contribution in [0.4, 0.5) is 10.8 Å². The number of fused-ring (bicyclic) bond motifs is 1. The molecule has 1 aliphatic heterocycles. The van der Waals surface area contributed by atoms with Crippen molar-refractivity contribution in [1.82, 2.24) is 14.7 Å². The Morgan fingerprint density at radius 3 is 2.88 bits per heavy atom. The molecule has 0 saturated carbocycles. The van der Waals surface area contributed by atoms with Crippen molar-refractivity contribution in [2.45, 2.75) is 26.1 Å². The average Bonchev–Trinajstić information content (AvgIpc) is 3.25. The Labute approximate surface area is 165 Å². The molecule has 26 heavy (non-hydrogen) atoms. The number of ether oxygens (including phenoxy) is 1. The number of nitrogens with one attached hydrogen (secondary N) is 1. The number of aromatic nitrogens is 2. The van der Waals surface area contributed by atoms with Crippen molar-refractivity contribution in [3.05, 3.63) is 50.1 Å². The minimum atomic E-state index is 0.395. The van der Waals surface area contributed by atoms with Gasteiger partial charge in [0.2, 0.25) is 5.13 Å². The second-order valence-electron chi connectivity index (χ2n) is 6.21. The van der Waals surface area contributed by atoms with Gasteiger partial charge in [-0.15, -0.1) is 16.4 Å². The molecule has 5 nitrogen and oxygen atoms in total. The van der Waals surface area contributed by atoms with Crippen LogP contribution < -0.4 is 10.1 Å². The molecular formula is C18H20N4OS3. The smallest absolute Gasteiger partial charge is 0.209 e. The summed E-state index contributed by atoms with van der Waals surface area (Å²) in [6, 6.07) is 10.4. The maximum Gasteiger partial charge on any atom is 0.209 e. The van der Waals surface area contributed by atoms with Gasteiger partial charge in [0.25, 0.3) is 0 Å². The van der Waals surface area contributed by atoms with E-state index in [1.54, 1.807) is 7.11 Å². The highest BCUT2D eigenvalue weighted by molar-refractivity contribution is 7.73. The van der Waals surface area contributed by atoms with Crippen molar-refractivity contribution in [3.8, 4) is 5.75 Å². The van der Waals surface area contributed by atoms with E-state index in [9.17, 15) is 0 Å². The molecule has 3 heterocycles. The van der Waals surface area contributed by atoms with Crippen LogP contribution in [0.5, 0.6) is 5.75 Å². The first-order valence-corrected chi connectivity index (χ1v) is 10.5. The lowest BCUT2D eigenvalue weighted by atomic mass is 10.0. The van der Waals surface area contributed by atoms with Crippen molar-refractivity contribution < 1.29 is 4.74 Å². The molecule has 8 heteroatoms. The van der Waals surface area contributed by atoms with E-state index < -0.39 is 0 Å². The summed E-state index contributed by atoms with van der Waals surface area (Å²) in [5, 5.41) is 11.0. The SMILES string of the molecule is COc1ccc(Nc2nn(CN3CCc4sccc4[C@H]3C)c(=S)s2)cc1. The monoisotopic (exact) mass is 404 g/mol. The highest BCUT2D eigenvalue weighted by Gasteiger charge is 2.25. The quantitative estimate of drug-likeness (QED) is 0.602. The number of hydrogen-bond donors (Lipinski definition) is 1. The third-order valence-corrected chi connectivity index (χ3v) is 6.89. The van der Waals surface area contributed by atoms with Gasteiger partial charge in [0, 0.05) is 23.2 Å². The second-order valence-corrected chi connectivity index (χ2v) is 8.83. The lowest BCUT2D eigenvalue weighted by Crippen LogP contribution is -2.35. The van der Waals surface area contributed by atoms with Gasteiger partial charge in [-0.1, -0.05) is 11.3 Å². The van der Waals surface area contributed by atoms with Crippen LogP contribution >= 0.6 is 34.9 Å². The summed E-state index contributed by atoms with van der Waals surface area (Å²) in [5.41, 5.74) is 2.41. The fourth-order valence-electron chi connectivity index (χ4n) is 3.17. The van der Waals surface area contributed by atoms with E-state index in [-0.39, 0.29) is 0 Å². The largest absolute Gasteiger partial charge is 0.497 e. The molecule has 0 fully saturated rings. The van der Waals surface area contributed by atoms with Crippen molar-refractivity contribution in [3.63, 3.8) is 0 Å². The third kappa shape index (κ3) is 3.55. The molecule has 0 unspecified atom stereocenters. The normalized spacial score (nSPS) is 17.1. The summed E-state index contributed by atoms with van der Waals surface area (Å²) in [4.78, 5) is 3.94. The Morgan fingerprint density at radius 2 is 2.12 bits per heavy atom. The van der Waals surface area contributed by atoms with Crippen molar-refractivity contribution in [1.29, 1.82) is 0 Å². The molecule has 1 atom stereocenters. The summed E-state index contributed by atoms with van der Waals surface area (Å²) >= 11 is 8.89. The number of thiophene rings is 1. The summed E-state index contributed by atoms with van der Waals surface area (Å²) in [6.45, 7) is 4.02. The Bertz CT molecular complexity index is 944. The first-order valence-electron chi connectivity index (χ1n) is 8.43. The zero-order chi connectivity index (χ0) is 18.1. The van der Waals surface area contributed by atoms with Gasteiger partial charge in [0.05, 0.1) is 13.8 Å². The minimum Gasteiger partial charge on any atom is -0.497 e. The first kappa shape index (κ1) is 17.7. The zero-order valence-corrected chi connectivity index (χ0v) is 17.1. The molecule has 0 bridgehead atoms. The fourth-order valence-corrected chi connectivity index (χ4v) is 5.15. The molecule has 0 aliphatic carbocycles. The van der Waals surface area contributed by atoms with Crippen LogP contribution in [0, 0.1) is 3.95 Å². The molecule has 0 spiro atoms. The van der Waals surface area contributed by atoms with Crippen LogP contribution in [0.25, 0.3) is 0 Å². The molecule has 1 N–H and O–H groups in total. The number of hydrogen-bond acceptors (Lipinski definition) is 7. The van der Waals surface area contributed by atoms with E-state index in [2.05, 4.69) is 33.7 Å². The van der Waals surface area contributed by atoms with Gasteiger partial charge in [-0.3, -0.25) is 4.90 Å². The van der Waals surface area contributed by atoms with Gasteiger partial charge in [-0.2, -0.15) is 0 Å². The van der Waals surface area contributed by atoms with Gasteiger partial charge in [0.1, 0.15) is 5.75 Å². The maximum absolute atomic E-state index is 5.53. The molecule has 4 rings (SSSR count). The molecule has 1 aromatic carbocycles. The Balaban J connectivity index is 1.47. The molecule has 3 aromatic rings. The van der Waals surface area contributed by atoms with E-state index in [4.69, 9.17) is 17.0 Å². The van der Waals surface area contributed by atoms with E-state index in [1.807, 2.05) is 40.3 Å². The summed E-state index contributed by atoms with van der Waals surface area (Å²) < 4.78 is 7.89. The third-order valence-electron chi connectivity index (χ3n) is 4.67. The van der Waals surface area contributed by atoms with E-state index >= 15 is 0 Å². The minimum absolute atomic E-state index is 0.395. The van der Waals surface area contributed by atoms with Crippen molar-refractivity contribution in [2.75, 3.05) is 19.0 Å². The van der Waals surface area contributed by atoms with Gasteiger partial charge >= 0.3 is 0 Å². The molecule has 2 aromatic heterocycles. The van der Waals surface area contributed by atoms with Crippen LogP contribution in [0.2, 0.25) is 0 Å². The Morgan fingerprint density at radius 1 is 1.31 bits per heavy atom. The zero-order valence-electron chi connectivity index (χ0n) is 14.6. The molecule has 0 radical (unpaired) electrons. The average molecular weight is 405 g/mol. The molecule has 0 amide bonds. The van der Waals surface area contributed by atoms with Crippen LogP contribution in [-0.2, 0) is 13.1 Å². The topological polar surface area (TPSA) is 42.3 Å². The highest BCUT2D eigenvalue weighted by atomic mass is 32.1. The highest BCUT2D eigenvalue weighted by Crippen LogP contribution is 2.33. The lowest BCUT2D eigenvalue weighted by Gasteiger charge is -2.33. The van der Waals surface area contributed by atoms with Crippen molar-refractivity contribution in [2.24, 2.45) is 0 Å². The second kappa shape index (κ2) is 7.48. The van der Waals surface area contributed by atoms with E-state index in [0.29, 0.717) is 6.04 Å². The number of rotatable bonds is 5. The first-order chi connectivity index (χ1) is 12.6. The number of anilines is 2. The maximum atomic E-state index is 5.53. The van der Waals surface area contributed by atoms with Crippen LogP contribution in [-0.4, -0.2) is 28.3 Å². The molecule has 136 valence electrons. The summed E-state index contributed by atoms with van der Waals surface area (Å²) in [7, 11) is 1.66.